The smallest absolute Gasteiger partial charge is 0.223 e. The third-order valence-corrected chi connectivity index (χ3v) is 4.30. The Morgan fingerprint density at radius 3 is 2.64 bits per heavy atom. The second-order valence-electron chi connectivity index (χ2n) is 5.52. The number of rotatable bonds is 0. The standard InChI is InChI=1S/C18H10FNO.HI/c1-9-7-10(19)8-12-11-3-2-4-13-16(11)17-14(21-13)5-6-20-18(17)15(9)12;/h2-8H,1H3;1H. The van der Waals surface area contributed by atoms with Gasteiger partial charge < -0.3 is 28.4 Å². The summed E-state index contributed by atoms with van der Waals surface area (Å²) in [7, 11) is 0. The fourth-order valence-corrected chi connectivity index (χ4v) is 3.51. The van der Waals surface area contributed by atoms with Gasteiger partial charge in [0.2, 0.25) is 5.52 Å². The molecule has 0 saturated carbocycles. The molecule has 0 aliphatic carbocycles. The van der Waals surface area contributed by atoms with Crippen LogP contribution in [0.25, 0.3) is 43.6 Å². The van der Waals surface area contributed by atoms with Crippen molar-refractivity contribution in [3.8, 4) is 0 Å². The van der Waals surface area contributed by atoms with Gasteiger partial charge in [-0.2, -0.15) is 0 Å². The van der Waals surface area contributed by atoms with Crippen LogP contribution in [0, 0.1) is 12.7 Å². The lowest BCUT2D eigenvalue weighted by Gasteiger charge is -2.07. The van der Waals surface area contributed by atoms with Gasteiger partial charge >= 0.3 is 0 Å². The molecule has 4 heteroatoms. The maximum absolute atomic E-state index is 13.9. The second kappa shape index (κ2) is 4.52. The predicted octanol–water partition coefficient (Wildman–Crippen LogP) is 1.60. The van der Waals surface area contributed by atoms with E-state index in [9.17, 15) is 4.39 Å². The molecule has 0 bridgehead atoms. The van der Waals surface area contributed by atoms with Crippen molar-refractivity contribution in [2.75, 3.05) is 0 Å². The maximum atomic E-state index is 13.9. The van der Waals surface area contributed by atoms with Crippen molar-refractivity contribution in [2.24, 2.45) is 0 Å². The van der Waals surface area contributed by atoms with Gasteiger partial charge in [-0.1, -0.05) is 12.1 Å². The van der Waals surface area contributed by atoms with E-state index < -0.39 is 0 Å². The molecule has 0 fully saturated rings. The van der Waals surface area contributed by atoms with Crippen LogP contribution in [-0.4, -0.2) is 0 Å². The summed E-state index contributed by atoms with van der Waals surface area (Å²) in [6, 6.07) is 11.1. The van der Waals surface area contributed by atoms with Crippen molar-refractivity contribution in [2.45, 2.75) is 6.92 Å². The molecule has 3 aromatic carbocycles. The van der Waals surface area contributed by atoms with Gasteiger partial charge in [0.25, 0.3) is 0 Å². The molecule has 0 aliphatic rings. The number of hydrogen-bond donors (Lipinski definition) is 0. The third kappa shape index (κ3) is 1.56. The van der Waals surface area contributed by atoms with Crippen molar-refractivity contribution in [1.29, 1.82) is 0 Å². The van der Waals surface area contributed by atoms with Crippen molar-refractivity contribution < 1.29 is 37.8 Å². The molecule has 0 aliphatic heterocycles. The zero-order valence-corrected chi connectivity index (χ0v) is 13.9. The molecule has 2 nitrogen and oxygen atoms in total. The first kappa shape index (κ1) is 13.7. The van der Waals surface area contributed by atoms with Gasteiger partial charge in [0, 0.05) is 11.5 Å². The summed E-state index contributed by atoms with van der Waals surface area (Å²) in [5, 5.41) is 5.18. The number of pyridine rings is 1. The van der Waals surface area contributed by atoms with Crippen LogP contribution < -0.4 is 29.0 Å². The van der Waals surface area contributed by atoms with Crippen LogP contribution in [0.5, 0.6) is 0 Å². The number of H-pyrrole nitrogens is 1. The molecule has 0 amide bonds. The molecule has 22 heavy (non-hydrogen) atoms. The highest BCUT2D eigenvalue weighted by atomic mass is 127. The van der Waals surface area contributed by atoms with E-state index in [-0.39, 0.29) is 29.8 Å². The zero-order chi connectivity index (χ0) is 14.1. The maximum Gasteiger partial charge on any atom is 0.223 e. The van der Waals surface area contributed by atoms with Crippen LogP contribution in [-0.2, 0) is 0 Å². The van der Waals surface area contributed by atoms with E-state index in [4.69, 9.17) is 4.42 Å². The summed E-state index contributed by atoms with van der Waals surface area (Å²) in [5.74, 6) is -0.206. The minimum Gasteiger partial charge on any atom is -1.00 e. The number of hydrogen-bond acceptors (Lipinski definition) is 1. The van der Waals surface area contributed by atoms with Gasteiger partial charge in [0.1, 0.15) is 22.4 Å². The average molecular weight is 403 g/mol. The number of aromatic amines is 1. The number of nitrogens with one attached hydrogen (secondary N) is 1. The molecule has 2 heterocycles. The van der Waals surface area contributed by atoms with Crippen LogP contribution in [0.15, 0.2) is 47.0 Å². The molecule has 5 aromatic rings. The summed E-state index contributed by atoms with van der Waals surface area (Å²) in [6.07, 6.45) is 1.87. The van der Waals surface area contributed by atoms with Crippen molar-refractivity contribution in [3.05, 3.63) is 54.0 Å². The van der Waals surface area contributed by atoms with E-state index in [0.29, 0.717) is 0 Å². The van der Waals surface area contributed by atoms with Gasteiger partial charge in [0.15, 0.2) is 6.20 Å². The van der Waals surface area contributed by atoms with Crippen LogP contribution in [0.2, 0.25) is 0 Å². The van der Waals surface area contributed by atoms with Crippen molar-refractivity contribution >= 4 is 43.6 Å². The predicted molar refractivity (Wildman–Crippen MR) is 81.2 cm³/mol. The minimum absolute atomic E-state index is 0. The summed E-state index contributed by atoms with van der Waals surface area (Å²) in [5.41, 5.74) is 3.64. The zero-order valence-electron chi connectivity index (χ0n) is 11.7. The molecule has 0 saturated heterocycles. The Kier molecular flexibility index (Phi) is 2.81. The van der Waals surface area contributed by atoms with E-state index in [1.807, 2.05) is 37.4 Å². The Morgan fingerprint density at radius 1 is 0.955 bits per heavy atom. The third-order valence-electron chi connectivity index (χ3n) is 4.30. The van der Waals surface area contributed by atoms with Crippen LogP contribution in [0.1, 0.15) is 5.56 Å². The highest BCUT2D eigenvalue weighted by Crippen LogP contribution is 2.41. The Balaban J connectivity index is 0.00000125. The quantitative estimate of drug-likeness (QED) is 0.285. The Hall–Kier alpha value is -1.95. The van der Waals surface area contributed by atoms with Crippen molar-refractivity contribution in [1.82, 2.24) is 0 Å². The number of aromatic nitrogens is 1. The SMILES string of the molecule is Cc1cc(F)cc2c3cccc4oc5cc[nH+]c(c12)c5c43.[I-]. The summed E-state index contributed by atoms with van der Waals surface area (Å²) in [6.45, 7) is 1.94. The van der Waals surface area contributed by atoms with Crippen LogP contribution in [0.3, 0.4) is 0 Å². The Labute approximate surface area is 142 Å². The first-order valence-electron chi connectivity index (χ1n) is 6.91. The fourth-order valence-electron chi connectivity index (χ4n) is 3.51. The second-order valence-corrected chi connectivity index (χ2v) is 5.52. The number of furan rings is 1. The normalized spacial score (nSPS) is 11.7. The lowest BCUT2D eigenvalue weighted by molar-refractivity contribution is -0.343. The number of halogens is 2. The minimum atomic E-state index is -0.206. The highest BCUT2D eigenvalue weighted by molar-refractivity contribution is 6.31. The van der Waals surface area contributed by atoms with Gasteiger partial charge in [-0.05, 0) is 41.5 Å². The molecule has 0 radical (unpaired) electrons. The molecular formula is C18H11FINO. The van der Waals surface area contributed by atoms with E-state index in [0.717, 1.165) is 49.2 Å². The van der Waals surface area contributed by atoms with Gasteiger partial charge in [0.05, 0.1) is 5.39 Å². The molecule has 5 rings (SSSR count). The average Bonchev–Trinajstić information content (AvgIpc) is 2.85. The van der Waals surface area contributed by atoms with E-state index in [2.05, 4.69) is 4.98 Å². The Morgan fingerprint density at radius 2 is 1.77 bits per heavy atom. The lowest BCUT2D eigenvalue weighted by Crippen LogP contribution is -3.00. The first-order chi connectivity index (χ1) is 10.2. The highest BCUT2D eigenvalue weighted by Gasteiger charge is 2.22. The molecular weight excluding hydrogens is 392 g/mol. The van der Waals surface area contributed by atoms with Gasteiger partial charge in [-0.25, -0.2) is 9.37 Å². The van der Waals surface area contributed by atoms with Gasteiger partial charge in [-0.3, -0.25) is 0 Å². The summed E-state index contributed by atoms with van der Waals surface area (Å²) < 4.78 is 19.8. The largest absolute Gasteiger partial charge is 1.00 e. The molecule has 0 spiro atoms. The number of benzene rings is 3. The van der Waals surface area contributed by atoms with Gasteiger partial charge in [-0.15, -0.1) is 0 Å². The van der Waals surface area contributed by atoms with Crippen LogP contribution in [0.4, 0.5) is 4.39 Å². The molecule has 2 aromatic heterocycles. The molecule has 1 N–H and O–H groups in total. The topological polar surface area (TPSA) is 27.3 Å². The first-order valence-corrected chi connectivity index (χ1v) is 6.91. The Bertz CT molecular complexity index is 1160. The molecule has 0 unspecified atom stereocenters. The number of fused-ring (bicyclic) bond motifs is 3. The molecule has 108 valence electrons. The summed E-state index contributed by atoms with van der Waals surface area (Å²) in [4.78, 5) is 3.32. The monoisotopic (exact) mass is 403 g/mol. The van der Waals surface area contributed by atoms with Crippen LogP contribution >= 0.6 is 0 Å². The number of aryl methyl sites for hydroxylation is 1. The van der Waals surface area contributed by atoms with E-state index in [1.54, 1.807) is 12.1 Å². The fraction of sp³-hybridized carbons (Fsp3) is 0.0556. The van der Waals surface area contributed by atoms with Crippen molar-refractivity contribution in [3.63, 3.8) is 0 Å². The lowest BCUT2D eigenvalue weighted by atomic mass is 9.94. The van der Waals surface area contributed by atoms with E-state index >= 15 is 0 Å². The van der Waals surface area contributed by atoms with E-state index in [1.165, 1.54) is 0 Å². The summed E-state index contributed by atoms with van der Waals surface area (Å²) >= 11 is 0. The molecule has 0 atom stereocenters.